The summed E-state index contributed by atoms with van der Waals surface area (Å²) in [4.78, 5) is 28.7. The van der Waals surface area contributed by atoms with Crippen molar-refractivity contribution in [3.8, 4) is 0 Å². The van der Waals surface area contributed by atoms with Crippen LogP contribution in [0.4, 0.5) is 11.4 Å². The van der Waals surface area contributed by atoms with E-state index in [0.717, 1.165) is 25.4 Å². The van der Waals surface area contributed by atoms with Crippen LogP contribution < -0.4 is 15.5 Å². The first-order valence-electron chi connectivity index (χ1n) is 8.76. The van der Waals surface area contributed by atoms with Crippen molar-refractivity contribution in [3.63, 3.8) is 0 Å². The van der Waals surface area contributed by atoms with Crippen molar-refractivity contribution in [2.45, 2.75) is 25.5 Å². The summed E-state index contributed by atoms with van der Waals surface area (Å²) in [5.74, 6) is -0.109. The number of para-hydroxylation sites is 2. The van der Waals surface area contributed by atoms with Gasteiger partial charge < -0.3 is 25.2 Å². The molecule has 7 nitrogen and oxygen atoms in total. The third-order valence-corrected chi connectivity index (χ3v) is 4.62. The average molecular weight is 346 g/mol. The third-order valence-electron chi connectivity index (χ3n) is 4.62. The molecule has 1 aromatic carbocycles. The van der Waals surface area contributed by atoms with Crippen LogP contribution in [0.3, 0.4) is 0 Å². The van der Waals surface area contributed by atoms with Crippen LogP contribution in [0.2, 0.25) is 0 Å². The Kier molecular flexibility index (Phi) is 5.67. The molecule has 0 aliphatic carbocycles. The number of hydrogen-bond donors (Lipinski definition) is 2. The molecule has 0 aromatic heterocycles. The molecular weight excluding hydrogens is 320 g/mol. The van der Waals surface area contributed by atoms with Crippen molar-refractivity contribution in [1.82, 2.24) is 10.2 Å². The molecule has 2 atom stereocenters. The highest BCUT2D eigenvalue weighted by Crippen LogP contribution is 2.31. The second-order valence-electron chi connectivity index (χ2n) is 6.77. The third kappa shape index (κ3) is 4.36. The quantitative estimate of drug-likeness (QED) is 0.838. The molecule has 0 bridgehead atoms. The van der Waals surface area contributed by atoms with Crippen LogP contribution in [0.5, 0.6) is 0 Å². The highest BCUT2D eigenvalue weighted by molar-refractivity contribution is 6.04. The summed E-state index contributed by atoms with van der Waals surface area (Å²) in [5, 5.41) is 6.08. The Labute approximate surface area is 148 Å². The van der Waals surface area contributed by atoms with Crippen molar-refractivity contribution in [2.75, 3.05) is 50.1 Å². The molecule has 1 aromatic rings. The van der Waals surface area contributed by atoms with Crippen LogP contribution in [0, 0.1) is 0 Å². The van der Waals surface area contributed by atoms with Gasteiger partial charge in [0, 0.05) is 32.1 Å². The normalized spacial score (nSPS) is 24.4. The minimum Gasteiger partial charge on any atom is -0.374 e. The van der Waals surface area contributed by atoms with Crippen molar-refractivity contribution < 1.29 is 14.3 Å². The van der Waals surface area contributed by atoms with Gasteiger partial charge in [0.05, 0.1) is 30.6 Å². The number of ether oxygens (including phenoxy) is 1. The molecule has 0 saturated carbocycles. The number of fused-ring (bicyclic) bond motifs is 1. The maximum Gasteiger partial charge on any atom is 0.241 e. The number of amides is 2. The minimum atomic E-state index is -0.185. The number of anilines is 2. The number of carbonyl (C=O) groups excluding carboxylic acids is 2. The predicted octanol–water partition coefficient (Wildman–Crippen LogP) is 0.671. The van der Waals surface area contributed by atoms with Gasteiger partial charge in [-0.2, -0.15) is 0 Å². The standard InChI is InChI=1S/C18H26N4O3/c1-13-9-17(23)20-15-5-3-4-6-16(15)22(13)18(24)11-19-10-14-12-21(2)7-8-25-14/h3-6,13-14,19H,7-12H2,1-2H3,(H,20,23). The first-order valence-corrected chi connectivity index (χ1v) is 8.76. The number of likely N-dealkylation sites (N-methyl/N-ethyl adjacent to an activating group) is 1. The van der Waals surface area contributed by atoms with Gasteiger partial charge in [0.25, 0.3) is 0 Å². The Balaban J connectivity index is 1.63. The topological polar surface area (TPSA) is 73.9 Å². The number of benzene rings is 1. The largest absolute Gasteiger partial charge is 0.374 e. The van der Waals surface area contributed by atoms with Crippen molar-refractivity contribution in [1.29, 1.82) is 0 Å². The first kappa shape index (κ1) is 17.8. The molecular formula is C18H26N4O3. The fraction of sp³-hybridized carbons (Fsp3) is 0.556. The molecule has 1 fully saturated rings. The van der Waals surface area contributed by atoms with Gasteiger partial charge in [-0.25, -0.2) is 0 Å². The van der Waals surface area contributed by atoms with Crippen LogP contribution in [0.15, 0.2) is 24.3 Å². The van der Waals surface area contributed by atoms with Gasteiger partial charge in [-0.1, -0.05) is 12.1 Å². The second kappa shape index (κ2) is 7.95. The molecule has 7 heteroatoms. The van der Waals surface area contributed by atoms with Gasteiger partial charge in [-0.3, -0.25) is 9.59 Å². The van der Waals surface area contributed by atoms with E-state index in [1.807, 2.05) is 31.2 Å². The van der Waals surface area contributed by atoms with E-state index >= 15 is 0 Å². The SMILES string of the molecule is CC1CC(=O)Nc2ccccc2N1C(=O)CNCC1CN(C)CCO1. The summed E-state index contributed by atoms with van der Waals surface area (Å²) in [5.41, 5.74) is 1.43. The smallest absolute Gasteiger partial charge is 0.241 e. The molecule has 2 N–H and O–H groups in total. The van der Waals surface area contributed by atoms with Gasteiger partial charge in [0.2, 0.25) is 11.8 Å². The van der Waals surface area contributed by atoms with E-state index in [9.17, 15) is 9.59 Å². The lowest BCUT2D eigenvalue weighted by Gasteiger charge is -2.31. The van der Waals surface area contributed by atoms with E-state index in [4.69, 9.17) is 4.74 Å². The van der Waals surface area contributed by atoms with E-state index in [0.29, 0.717) is 12.2 Å². The van der Waals surface area contributed by atoms with Crippen LogP contribution >= 0.6 is 0 Å². The molecule has 0 spiro atoms. The summed E-state index contributed by atoms with van der Waals surface area (Å²) in [6, 6.07) is 7.24. The molecule has 136 valence electrons. The lowest BCUT2D eigenvalue weighted by Crippen LogP contribution is -2.48. The van der Waals surface area contributed by atoms with Gasteiger partial charge >= 0.3 is 0 Å². The molecule has 2 heterocycles. The average Bonchev–Trinajstić information content (AvgIpc) is 2.69. The molecule has 3 rings (SSSR count). The maximum atomic E-state index is 12.8. The van der Waals surface area contributed by atoms with E-state index in [1.54, 1.807) is 4.90 Å². The Morgan fingerprint density at radius 2 is 2.20 bits per heavy atom. The second-order valence-corrected chi connectivity index (χ2v) is 6.77. The summed E-state index contributed by atoms with van der Waals surface area (Å²) in [6.45, 7) is 5.29. The molecule has 25 heavy (non-hydrogen) atoms. The van der Waals surface area contributed by atoms with Gasteiger partial charge in [0.15, 0.2) is 0 Å². The van der Waals surface area contributed by atoms with Gasteiger partial charge in [-0.15, -0.1) is 0 Å². The van der Waals surface area contributed by atoms with Crippen molar-refractivity contribution >= 4 is 23.2 Å². The number of nitrogens with one attached hydrogen (secondary N) is 2. The van der Waals surface area contributed by atoms with Crippen LogP contribution in [0.1, 0.15) is 13.3 Å². The van der Waals surface area contributed by atoms with E-state index in [2.05, 4.69) is 22.6 Å². The highest BCUT2D eigenvalue weighted by Gasteiger charge is 2.29. The van der Waals surface area contributed by atoms with Crippen LogP contribution in [-0.2, 0) is 14.3 Å². The number of morpholine rings is 1. The lowest BCUT2D eigenvalue weighted by molar-refractivity contribution is -0.118. The lowest BCUT2D eigenvalue weighted by atomic mass is 10.1. The number of nitrogens with zero attached hydrogens (tertiary/aromatic N) is 2. The van der Waals surface area contributed by atoms with E-state index in [1.165, 1.54) is 0 Å². The summed E-state index contributed by atoms with van der Waals surface area (Å²) in [7, 11) is 2.07. The fourth-order valence-corrected chi connectivity index (χ4v) is 3.38. The molecule has 2 unspecified atom stereocenters. The monoisotopic (exact) mass is 346 g/mol. The first-order chi connectivity index (χ1) is 12.0. The van der Waals surface area contributed by atoms with Gasteiger partial charge in [-0.05, 0) is 26.1 Å². The highest BCUT2D eigenvalue weighted by atomic mass is 16.5. The molecule has 2 amide bonds. The summed E-state index contributed by atoms with van der Waals surface area (Å²) in [6.07, 6.45) is 0.389. The zero-order valence-corrected chi connectivity index (χ0v) is 14.8. The summed E-state index contributed by atoms with van der Waals surface area (Å²) >= 11 is 0. The Hall–Kier alpha value is -1.96. The Bertz CT molecular complexity index is 637. The van der Waals surface area contributed by atoms with E-state index < -0.39 is 0 Å². The molecule has 2 aliphatic heterocycles. The molecule has 2 aliphatic rings. The number of carbonyl (C=O) groups is 2. The zero-order valence-electron chi connectivity index (χ0n) is 14.8. The van der Waals surface area contributed by atoms with Gasteiger partial charge in [0.1, 0.15) is 0 Å². The minimum absolute atomic E-state index is 0.0411. The zero-order chi connectivity index (χ0) is 17.8. The maximum absolute atomic E-state index is 12.8. The van der Waals surface area contributed by atoms with E-state index in [-0.39, 0.29) is 36.9 Å². The Morgan fingerprint density at radius 1 is 1.40 bits per heavy atom. The molecule has 1 saturated heterocycles. The van der Waals surface area contributed by atoms with Crippen LogP contribution in [-0.4, -0.2) is 68.7 Å². The fourth-order valence-electron chi connectivity index (χ4n) is 3.38. The van der Waals surface area contributed by atoms with Crippen LogP contribution in [0.25, 0.3) is 0 Å². The number of rotatable bonds is 4. The molecule has 0 radical (unpaired) electrons. The summed E-state index contributed by atoms with van der Waals surface area (Å²) < 4.78 is 5.70. The van der Waals surface area contributed by atoms with Crippen molar-refractivity contribution in [3.05, 3.63) is 24.3 Å². The number of hydrogen-bond acceptors (Lipinski definition) is 5. The predicted molar refractivity (Wildman–Crippen MR) is 96.7 cm³/mol. The Morgan fingerprint density at radius 3 is 3.00 bits per heavy atom. The van der Waals surface area contributed by atoms with Crippen molar-refractivity contribution in [2.24, 2.45) is 0 Å².